The van der Waals surface area contributed by atoms with Gasteiger partial charge in [0.05, 0.1) is 10.6 Å². The molecule has 3 aromatic rings. The Balaban J connectivity index is 1.65. The van der Waals surface area contributed by atoms with Crippen molar-refractivity contribution in [1.29, 1.82) is 0 Å². The quantitative estimate of drug-likeness (QED) is 0.422. The molecule has 0 spiro atoms. The third-order valence-electron chi connectivity index (χ3n) is 4.59. The van der Waals surface area contributed by atoms with Crippen LogP contribution >= 0.6 is 27.5 Å². The minimum atomic E-state index is -0.308. The summed E-state index contributed by atoms with van der Waals surface area (Å²) in [7, 11) is 0. The van der Waals surface area contributed by atoms with E-state index in [1.807, 2.05) is 24.3 Å². The number of benzene rings is 3. The van der Waals surface area contributed by atoms with E-state index < -0.39 is 0 Å². The van der Waals surface area contributed by atoms with Crippen molar-refractivity contribution < 1.29 is 9.59 Å². The Hall–Kier alpha value is -2.63. The molecule has 4 nitrogen and oxygen atoms in total. The summed E-state index contributed by atoms with van der Waals surface area (Å²) in [4.78, 5) is 24.9. The maximum atomic E-state index is 12.5. The van der Waals surface area contributed by atoms with Gasteiger partial charge in [0.15, 0.2) is 0 Å². The van der Waals surface area contributed by atoms with Crippen molar-refractivity contribution in [2.75, 3.05) is 10.6 Å². The van der Waals surface area contributed by atoms with E-state index in [1.165, 1.54) is 5.56 Å². The monoisotopic (exact) mass is 484 g/mol. The lowest BCUT2D eigenvalue weighted by Crippen LogP contribution is -2.14. The molecule has 154 valence electrons. The second-order valence-corrected chi connectivity index (χ2v) is 9.26. The van der Waals surface area contributed by atoms with E-state index in [9.17, 15) is 9.59 Å². The maximum Gasteiger partial charge on any atom is 0.257 e. The smallest absolute Gasteiger partial charge is 0.257 e. The van der Waals surface area contributed by atoms with E-state index in [2.05, 4.69) is 47.3 Å². The molecule has 3 rings (SSSR count). The third-order valence-corrected chi connectivity index (χ3v) is 5.41. The highest BCUT2D eigenvalue weighted by Gasteiger charge is 2.15. The lowest BCUT2D eigenvalue weighted by molar-refractivity contribution is 0.101. The molecule has 0 bridgehead atoms. The number of rotatable bonds is 4. The lowest BCUT2D eigenvalue weighted by Gasteiger charge is -2.19. The van der Waals surface area contributed by atoms with Crippen molar-refractivity contribution in [3.8, 4) is 0 Å². The van der Waals surface area contributed by atoms with Crippen molar-refractivity contribution >= 4 is 50.7 Å². The van der Waals surface area contributed by atoms with E-state index in [4.69, 9.17) is 11.6 Å². The van der Waals surface area contributed by atoms with Gasteiger partial charge in [-0.3, -0.25) is 9.59 Å². The molecule has 0 atom stereocenters. The zero-order valence-electron chi connectivity index (χ0n) is 16.9. The normalized spacial score (nSPS) is 11.1. The van der Waals surface area contributed by atoms with Gasteiger partial charge in [-0.05, 0) is 65.6 Å². The highest BCUT2D eigenvalue weighted by molar-refractivity contribution is 9.10. The number of hydrogen-bond donors (Lipinski definition) is 2. The molecule has 6 heteroatoms. The summed E-state index contributed by atoms with van der Waals surface area (Å²) < 4.78 is 0.769. The molecule has 0 unspecified atom stereocenters. The molecule has 2 amide bonds. The second-order valence-electron chi connectivity index (χ2n) is 7.94. The number of carbonyl (C=O) groups is 2. The van der Waals surface area contributed by atoms with Crippen LogP contribution in [0.25, 0.3) is 0 Å². The van der Waals surface area contributed by atoms with E-state index in [1.54, 1.807) is 42.5 Å². The Kier molecular flexibility index (Phi) is 6.64. The van der Waals surface area contributed by atoms with Crippen molar-refractivity contribution in [2.45, 2.75) is 26.2 Å². The van der Waals surface area contributed by atoms with Gasteiger partial charge < -0.3 is 10.6 Å². The summed E-state index contributed by atoms with van der Waals surface area (Å²) in [5, 5.41) is 6.04. The topological polar surface area (TPSA) is 58.2 Å². The number of hydrogen-bond acceptors (Lipinski definition) is 2. The van der Waals surface area contributed by atoms with Crippen LogP contribution in [-0.4, -0.2) is 11.8 Å². The van der Waals surface area contributed by atoms with Gasteiger partial charge >= 0.3 is 0 Å². The number of halogens is 2. The van der Waals surface area contributed by atoms with Crippen molar-refractivity contribution in [3.05, 3.63) is 92.9 Å². The number of anilines is 2. The zero-order valence-corrected chi connectivity index (χ0v) is 19.3. The zero-order chi connectivity index (χ0) is 21.9. The molecule has 0 fully saturated rings. The fraction of sp³-hybridized carbons (Fsp3) is 0.167. The predicted molar refractivity (Wildman–Crippen MR) is 127 cm³/mol. The largest absolute Gasteiger partial charge is 0.322 e. The van der Waals surface area contributed by atoms with Crippen LogP contribution in [0.15, 0.2) is 71.2 Å². The van der Waals surface area contributed by atoms with Crippen molar-refractivity contribution in [2.24, 2.45) is 0 Å². The van der Waals surface area contributed by atoms with Gasteiger partial charge in [-0.1, -0.05) is 60.4 Å². The minimum Gasteiger partial charge on any atom is -0.322 e. The van der Waals surface area contributed by atoms with Gasteiger partial charge in [0, 0.05) is 21.4 Å². The first-order chi connectivity index (χ1) is 14.1. The molecule has 3 aromatic carbocycles. The molecule has 0 aliphatic heterocycles. The van der Waals surface area contributed by atoms with E-state index in [0.29, 0.717) is 27.5 Å². The average molecular weight is 486 g/mol. The first kappa shape index (κ1) is 22.1. The second kappa shape index (κ2) is 9.02. The van der Waals surface area contributed by atoms with Gasteiger partial charge in [0.25, 0.3) is 11.8 Å². The van der Waals surface area contributed by atoms with Crippen LogP contribution in [0.2, 0.25) is 5.02 Å². The van der Waals surface area contributed by atoms with Gasteiger partial charge in [0.2, 0.25) is 0 Å². The van der Waals surface area contributed by atoms with Crippen molar-refractivity contribution in [3.63, 3.8) is 0 Å². The van der Waals surface area contributed by atoms with Gasteiger partial charge in [-0.2, -0.15) is 0 Å². The maximum absolute atomic E-state index is 12.5. The first-order valence-electron chi connectivity index (χ1n) is 9.42. The molecule has 30 heavy (non-hydrogen) atoms. The lowest BCUT2D eigenvalue weighted by atomic mass is 9.87. The summed E-state index contributed by atoms with van der Waals surface area (Å²) in [5.74, 6) is -0.495. The Morgan fingerprint density at radius 3 is 1.87 bits per heavy atom. The van der Waals surface area contributed by atoms with Crippen LogP contribution in [0.5, 0.6) is 0 Å². The standard InChI is InChI=1S/C24H22BrClN2O2/c1-24(2,3)16-6-4-15(5-7-16)22(29)27-18-9-11-19(12-10-18)28-23(30)20-14-17(25)8-13-21(20)26/h4-14H,1-3H3,(H,27,29)(H,28,30). The van der Waals surface area contributed by atoms with Gasteiger partial charge in [0.1, 0.15) is 0 Å². The molecular weight excluding hydrogens is 464 g/mol. The average Bonchev–Trinajstić information content (AvgIpc) is 2.70. The van der Waals surface area contributed by atoms with Crippen LogP contribution < -0.4 is 10.6 Å². The Bertz CT molecular complexity index is 1070. The van der Waals surface area contributed by atoms with Crippen LogP contribution in [0, 0.1) is 0 Å². The summed E-state index contributed by atoms with van der Waals surface area (Å²) in [6, 6.07) is 19.6. The summed E-state index contributed by atoms with van der Waals surface area (Å²) in [6.07, 6.45) is 0. The molecule has 0 saturated heterocycles. The fourth-order valence-corrected chi connectivity index (χ4v) is 3.40. The molecule has 0 aromatic heterocycles. The molecule has 0 aliphatic carbocycles. The summed E-state index contributed by atoms with van der Waals surface area (Å²) in [5.41, 5.74) is 3.41. The van der Waals surface area contributed by atoms with Crippen molar-refractivity contribution in [1.82, 2.24) is 0 Å². The molecule has 2 N–H and O–H groups in total. The van der Waals surface area contributed by atoms with Crippen LogP contribution in [0.1, 0.15) is 47.1 Å². The molecule has 0 aliphatic rings. The predicted octanol–water partition coefficient (Wildman–Crippen LogP) is 6.90. The fourth-order valence-electron chi connectivity index (χ4n) is 2.83. The Morgan fingerprint density at radius 1 is 0.800 bits per heavy atom. The molecule has 0 radical (unpaired) electrons. The molecular formula is C24H22BrClN2O2. The Morgan fingerprint density at radius 2 is 1.33 bits per heavy atom. The molecule has 0 heterocycles. The highest BCUT2D eigenvalue weighted by atomic mass is 79.9. The number of nitrogens with one attached hydrogen (secondary N) is 2. The van der Waals surface area contributed by atoms with Crippen LogP contribution in [0.3, 0.4) is 0 Å². The van der Waals surface area contributed by atoms with Crippen LogP contribution in [-0.2, 0) is 5.41 Å². The number of amides is 2. The minimum absolute atomic E-state index is 0.0370. The molecule has 0 saturated carbocycles. The Labute approximate surface area is 189 Å². The summed E-state index contributed by atoms with van der Waals surface area (Å²) in [6.45, 7) is 6.40. The van der Waals surface area contributed by atoms with Gasteiger partial charge in [-0.15, -0.1) is 0 Å². The highest BCUT2D eigenvalue weighted by Crippen LogP contribution is 2.24. The SMILES string of the molecule is CC(C)(C)c1ccc(C(=O)Nc2ccc(NC(=O)c3cc(Br)ccc3Cl)cc2)cc1. The third kappa shape index (κ3) is 5.49. The van der Waals surface area contributed by atoms with E-state index in [0.717, 1.165) is 4.47 Å². The number of carbonyl (C=O) groups excluding carboxylic acids is 2. The van der Waals surface area contributed by atoms with E-state index >= 15 is 0 Å². The van der Waals surface area contributed by atoms with E-state index in [-0.39, 0.29) is 17.2 Å². The summed E-state index contributed by atoms with van der Waals surface area (Å²) >= 11 is 9.44. The first-order valence-corrected chi connectivity index (χ1v) is 10.6. The van der Waals surface area contributed by atoms with Crippen LogP contribution in [0.4, 0.5) is 11.4 Å². The van der Waals surface area contributed by atoms with Gasteiger partial charge in [-0.25, -0.2) is 0 Å².